The Hall–Kier alpha value is -1.33. The maximum atomic E-state index is 8.62. The third-order valence-electron chi connectivity index (χ3n) is 2.06. The van der Waals surface area contributed by atoms with Crippen molar-refractivity contribution < 1.29 is 4.74 Å². The lowest BCUT2D eigenvalue weighted by atomic mass is 10.1. The van der Waals surface area contributed by atoms with E-state index in [1.54, 1.807) is 0 Å². The van der Waals surface area contributed by atoms with Gasteiger partial charge in [0.1, 0.15) is 0 Å². The van der Waals surface area contributed by atoms with Crippen molar-refractivity contribution in [3.8, 4) is 6.07 Å². The molecule has 1 atom stereocenters. The third kappa shape index (κ3) is 3.20. The summed E-state index contributed by atoms with van der Waals surface area (Å²) in [5, 5.41) is 8.62. The maximum absolute atomic E-state index is 8.62. The topological polar surface area (TPSA) is 33.0 Å². The highest BCUT2D eigenvalue weighted by molar-refractivity contribution is 5.31. The van der Waals surface area contributed by atoms with Crippen LogP contribution < -0.4 is 0 Å². The Morgan fingerprint density at radius 1 is 1.36 bits per heavy atom. The Labute approximate surface area is 85.1 Å². The molecule has 0 radical (unpaired) electrons. The van der Waals surface area contributed by atoms with E-state index in [2.05, 4.69) is 13.0 Å². The van der Waals surface area contributed by atoms with Crippen LogP contribution in [0.4, 0.5) is 0 Å². The van der Waals surface area contributed by atoms with Crippen LogP contribution in [0.5, 0.6) is 0 Å². The van der Waals surface area contributed by atoms with Gasteiger partial charge in [0.15, 0.2) is 0 Å². The first-order valence-corrected chi connectivity index (χ1v) is 4.87. The van der Waals surface area contributed by atoms with Crippen molar-refractivity contribution in [2.45, 2.75) is 26.4 Å². The van der Waals surface area contributed by atoms with Crippen molar-refractivity contribution in [2.75, 3.05) is 6.61 Å². The molecule has 14 heavy (non-hydrogen) atoms. The van der Waals surface area contributed by atoms with Crippen LogP contribution in [0.2, 0.25) is 0 Å². The molecule has 0 saturated heterocycles. The lowest BCUT2D eigenvalue weighted by Gasteiger charge is -2.10. The molecule has 0 fully saturated rings. The Morgan fingerprint density at radius 2 is 2.00 bits per heavy atom. The largest absolute Gasteiger partial charge is 0.378 e. The molecule has 0 amide bonds. The van der Waals surface area contributed by atoms with Crippen LogP contribution in [-0.2, 0) is 11.2 Å². The number of ether oxygens (including phenoxy) is 1. The van der Waals surface area contributed by atoms with Gasteiger partial charge in [0.05, 0.1) is 17.7 Å². The molecule has 1 rings (SSSR count). The first-order valence-electron chi connectivity index (χ1n) is 4.87. The van der Waals surface area contributed by atoms with E-state index in [4.69, 9.17) is 10.00 Å². The summed E-state index contributed by atoms with van der Waals surface area (Å²) in [5.41, 5.74) is 1.92. The summed E-state index contributed by atoms with van der Waals surface area (Å²) >= 11 is 0. The van der Waals surface area contributed by atoms with E-state index in [-0.39, 0.29) is 6.10 Å². The predicted octanol–water partition coefficient (Wildman–Crippen LogP) is 2.53. The quantitative estimate of drug-likeness (QED) is 0.729. The minimum atomic E-state index is 0.243. The van der Waals surface area contributed by atoms with E-state index >= 15 is 0 Å². The molecule has 0 aliphatic carbocycles. The van der Waals surface area contributed by atoms with Crippen molar-refractivity contribution in [1.29, 1.82) is 5.26 Å². The first kappa shape index (κ1) is 10.7. The van der Waals surface area contributed by atoms with Crippen LogP contribution in [0, 0.1) is 11.3 Å². The number of nitrogens with zero attached hydrogens (tertiary/aromatic N) is 1. The van der Waals surface area contributed by atoms with Gasteiger partial charge in [-0.15, -0.1) is 0 Å². The second-order valence-electron chi connectivity index (χ2n) is 3.28. The monoisotopic (exact) mass is 189 g/mol. The SMILES string of the molecule is CCOC(C)Cc1ccc(C#N)cc1. The van der Waals surface area contributed by atoms with Crippen molar-refractivity contribution in [3.05, 3.63) is 35.4 Å². The van der Waals surface area contributed by atoms with Crippen molar-refractivity contribution in [3.63, 3.8) is 0 Å². The summed E-state index contributed by atoms with van der Waals surface area (Å²) in [6.07, 6.45) is 1.15. The van der Waals surface area contributed by atoms with Crippen molar-refractivity contribution >= 4 is 0 Å². The molecule has 1 unspecified atom stereocenters. The van der Waals surface area contributed by atoms with E-state index in [0.29, 0.717) is 5.56 Å². The molecular weight excluding hydrogens is 174 g/mol. The van der Waals surface area contributed by atoms with Gasteiger partial charge in [-0.3, -0.25) is 0 Å². The molecule has 1 aromatic carbocycles. The van der Waals surface area contributed by atoms with Crippen LogP contribution in [-0.4, -0.2) is 12.7 Å². The molecule has 0 bridgehead atoms. The molecule has 0 aromatic heterocycles. The van der Waals surface area contributed by atoms with Gasteiger partial charge in [-0.1, -0.05) is 12.1 Å². The molecule has 1 aromatic rings. The summed E-state index contributed by atoms with van der Waals surface area (Å²) in [5.74, 6) is 0. The zero-order chi connectivity index (χ0) is 10.4. The second kappa shape index (κ2) is 5.41. The molecule has 2 nitrogen and oxygen atoms in total. The summed E-state index contributed by atoms with van der Waals surface area (Å²) in [4.78, 5) is 0. The molecule has 0 N–H and O–H groups in total. The highest BCUT2D eigenvalue weighted by atomic mass is 16.5. The summed E-state index contributed by atoms with van der Waals surface area (Å²) in [6.45, 7) is 4.80. The van der Waals surface area contributed by atoms with Crippen LogP contribution >= 0.6 is 0 Å². The molecule has 74 valence electrons. The fraction of sp³-hybridized carbons (Fsp3) is 0.417. The van der Waals surface area contributed by atoms with Gasteiger partial charge in [0.2, 0.25) is 0 Å². The highest BCUT2D eigenvalue weighted by Crippen LogP contribution is 2.07. The minimum Gasteiger partial charge on any atom is -0.378 e. The molecular formula is C12H15NO. The normalized spacial score (nSPS) is 12.1. The number of hydrogen-bond donors (Lipinski definition) is 0. The van der Waals surface area contributed by atoms with Gasteiger partial charge < -0.3 is 4.74 Å². The molecule has 0 saturated carbocycles. The smallest absolute Gasteiger partial charge is 0.0991 e. The van der Waals surface area contributed by atoms with Gasteiger partial charge in [-0.05, 0) is 38.0 Å². The van der Waals surface area contributed by atoms with Gasteiger partial charge in [-0.2, -0.15) is 5.26 Å². The third-order valence-corrected chi connectivity index (χ3v) is 2.06. The van der Waals surface area contributed by atoms with E-state index in [0.717, 1.165) is 13.0 Å². The fourth-order valence-corrected chi connectivity index (χ4v) is 1.39. The summed E-state index contributed by atoms with van der Waals surface area (Å²) < 4.78 is 5.44. The van der Waals surface area contributed by atoms with Crippen molar-refractivity contribution in [1.82, 2.24) is 0 Å². The Balaban J connectivity index is 2.56. The zero-order valence-electron chi connectivity index (χ0n) is 8.66. The molecule has 0 heterocycles. The number of hydrogen-bond acceptors (Lipinski definition) is 2. The van der Waals surface area contributed by atoms with Crippen LogP contribution in [0.1, 0.15) is 25.0 Å². The van der Waals surface area contributed by atoms with Gasteiger partial charge in [-0.25, -0.2) is 0 Å². The highest BCUT2D eigenvalue weighted by Gasteiger charge is 2.02. The minimum absolute atomic E-state index is 0.243. The lowest BCUT2D eigenvalue weighted by molar-refractivity contribution is 0.0768. The Kier molecular flexibility index (Phi) is 4.15. The molecule has 0 spiro atoms. The first-order chi connectivity index (χ1) is 6.76. The van der Waals surface area contributed by atoms with Gasteiger partial charge in [0.25, 0.3) is 0 Å². The Morgan fingerprint density at radius 3 is 2.50 bits per heavy atom. The summed E-state index contributed by atoms with van der Waals surface area (Å²) in [7, 11) is 0. The van der Waals surface area contributed by atoms with Crippen LogP contribution in [0.3, 0.4) is 0 Å². The molecule has 2 heteroatoms. The van der Waals surface area contributed by atoms with Crippen molar-refractivity contribution in [2.24, 2.45) is 0 Å². The number of nitriles is 1. The van der Waals surface area contributed by atoms with Gasteiger partial charge >= 0.3 is 0 Å². The average molecular weight is 189 g/mol. The Bertz CT molecular complexity index is 310. The standard InChI is InChI=1S/C12H15NO/c1-3-14-10(2)8-11-4-6-12(9-13)7-5-11/h4-7,10H,3,8H2,1-2H3. The maximum Gasteiger partial charge on any atom is 0.0991 e. The van der Waals surface area contributed by atoms with Gasteiger partial charge in [0, 0.05) is 6.61 Å². The van der Waals surface area contributed by atoms with E-state index in [1.165, 1.54) is 5.56 Å². The molecule has 0 aliphatic rings. The number of benzene rings is 1. The fourth-order valence-electron chi connectivity index (χ4n) is 1.39. The van der Waals surface area contributed by atoms with E-state index < -0.39 is 0 Å². The summed E-state index contributed by atoms with van der Waals surface area (Å²) in [6, 6.07) is 9.74. The average Bonchev–Trinajstić information content (AvgIpc) is 2.19. The van der Waals surface area contributed by atoms with E-state index in [9.17, 15) is 0 Å². The second-order valence-corrected chi connectivity index (χ2v) is 3.28. The van der Waals surface area contributed by atoms with Crippen LogP contribution in [0.15, 0.2) is 24.3 Å². The van der Waals surface area contributed by atoms with Crippen LogP contribution in [0.25, 0.3) is 0 Å². The molecule has 0 aliphatic heterocycles. The predicted molar refractivity (Wildman–Crippen MR) is 55.9 cm³/mol. The zero-order valence-corrected chi connectivity index (χ0v) is 8.66. The lowest BCUT2D eigenvalue weighted by Crippen LogP contribution is -2.11. The van der Waals surface area contributed by atoms with E-state index in [1.807, 2.05) is 31.2 Å². The number of rotatable bonds is 4.